The number of rotatable bonds is 5. The van der Waals surface area contributed by atoms with E-state index in [0.29, 0.717) is 29.6 Å². The van der Waals surface area contributed by atoms with E-state index in [0.717, 1.165) is 40.1 Å². The Kier molecular flexibility index (Phi) is 5.69. The van der Waals surface area contributed by atoms with Crippen LogP contribution in [0.25, 0.3) is 33.5 Å². The van der Waals surface area contributed by atoms with Crippen LogP contribution in [0.4, 0.5) is 10.9 Å². The minimum Gasteiger partial charge on any atom is -0.378 e. The number of hydrogen-bond acceptors (Lipinski definition) is 7. The number of nitrogens with one attached hydrogen (secondary N) is 2. The highest BCUT2D eigenvalue weighted by molar-refractivity contribution is 7.18. The molecule has 0 bridgehead atoms. The highest BCUT2D eigenvalue weighted by Gasteiger charge is 2.22. The SMILES string of the molecule is O=C(Nc1n[nH]c(-c2ccc3ccccc3n2)n1)c1cc(-c2ccccc2)c(N2CCOCC2)s1. The monoisotopic (exact) mass is 482 g/mol. The maximum atomic E-state index is 13.2. The lowest BCUT2D eigenvalue weighted by Crippen LogP contribution is -2.35. The summed E-state index contributed by atoms with van der Waals surface area (Å²) in [5.74, 6) is 0.461. The van der Waals surface area contributed by atoms with Crippen molar-refractivity contribution in [1.82, 2.24) is 20.2 Å². The number of H-pyrrole nitrogens is 1. The van der Waals surface area contributed by atoms with E-state index < -0.39 is 0 Å². The van der Waals surface area contributed by atoms with Gasteiger partial charge in [-0.2, -0.15) is 4.98 Å². The Morgan fingerprint density at radius 3 is 2.63 bits per heavy atom. The second kappa shape index (κ2) is 9.28. The number of hydrogen-bond donors (Lipinski definition) is 2. The van der Waals surface area contributed by atoms with Crippen LogP contribution in [0.2, 0.25) is 0 Å². The van der Waals surface area contributed by atoms with Crippen LogP contribution in [0.1, 0.15) is 9.67 Å². The summed E-state index contributed by atoms with van der Waals surface area (Å²) in [5, 5.41) is 12.0. The molecule has 5 aromatic rings. The van der Waals surface area contributed by atoms with Crippen molar-refractivity contribution in [3.05, 3.63) is 77.7 Å². The van der Waals surface area contributed by atoms with E-state index in [-0.39, 0.29) is 11.9 Å². The summed E-state index contributed by atoms with van der Waals surface area (Å²) >= 11 is 1.47. The molecule has 35 heavy (non-hydrogen) atoms. The Morgan fingerprint density at radius 2 is 1.77 bits per heavy atom. The van der Waals surface area contributed by atoms with Crippen molar-refractivity contribution in [2.45, 2.75) is 0 Å². The average molecular weight is 483 g/mol. The van der Waals surface area contributed by atoms with E-state index in [1.165, 1.54) is 11.3 Å². The van der Waals surface area contributed by atoms with Gasteiger partial charge in [-0.05, 0) is 23.8 Å². The van der Waals surface area contributed by atoms with Gasteiger partial charge in [0.1, 0.15) is 5.69 Å². The van der Waals surface area contributed by atoms with Crippen molar-refractivity contribution in [1.29, 1.82) is 0 Å². The fourth-order valence-corrected chi connectivity index (χ4v) is 5.24. The number of para-hydroxylation sites is 1. The summed E-state index contributed by atoms with van der Waals surface area (Å²) in [7, 11) is 0. The summed E-state index contributed by atoms with van der Waals surface area (Å²) in [5.41, 5.74) is 3.65. The van der Waals surface area contributed by atoms with Gasteiger partial charge >= 0.3 is 0 Å². The molecule has 0 unspecified atom stereocenters. The van der Waals surface area contributed by atoms with Gasteiger partial charge in [-0.1, -0.05) is 54.6 Å². The highest BCUT2D eigenvalue weighted by atomic mass is 32.1. The lowest BCUT2D eigenvalue weighted by molar-refractivity contribution is 0.102. The summed E-state index contributed by atoms with van der Waals surface area (Å²) in [4.78, 5) is 25.1. The second-order valence-corrected chi connectivity index (χ2v) is 9.18. The molecule has 1 fully saturated rings. The minimum absolute atomic E-state index is 0.211. The van der Waals surface area contributed by atoms with Crippen LogP contribution in [0.5, 0.6) is 0 Å². The molecule has 3 aromatic heterocycles. The molecule has 2 N–H and O–H groups in total. The summed E-state index contributed by atoms with van der Waals surface area (Å²) in [6, 6.07) is 23.8. The fourth-order valence-electron chi connectivity index (χ4n) is 4.11. The van der Waals surface area contributed by atoms with Crippen molar-refractivity contribution in [3.63, 3.8) is 0 Å². The van der Waals surface area contributed by atoms with Gasteiger partial charge in [-0.25, -0.2) is 4.98 Å². The van der Waals surface area contributed by atoms with Gasteiger partial charge in [-0.15, -0.1) is 16.4 Å². The summed E-state index contributed by atoms with van der Waals surface area (Å²) in [6.45, 7) is 2.95. The Morgan fingerprint density at radius 1 is 0.971 bits per heavy atom. The third-order valence-corrected chi connectivity index (χ3v) is 7.07. The van der Waals surface area contributed by atoms with Gasteiger partial charge in [0.15, 0.2) is 5.82 Å². The van der Waals surface area contributed by atoms with E-state index in [1.807, 2.05) is 60.7 Å². The largest absolute Gasteiger partial charge is 0.378 e. The number of anilines is 2. The number of carbonyl (C=O) groups excluding carboxylic acids is 1. The number of amides is 1. The molecule has 0 radical (unpaired) electrons. The number of thiophene rings is 1. The molecule has 9 heteroatoms. The molecule has 0 atom stereocenters. The number of aromatic amines is 1. The average Bonchev–Trinajstić information content (AvgIpc) is 3.57. The van der Waals surface area contributed by atoms with Gasteiger partial charge < -0.3 is 9.64 Å². The summed E-state index contributed by atoms with van der Waals surface area (Å²) in [6.07, 6.45) is 0. The number of morpholine rings is 1. The molecule has 0 aliphatic carbocycles. The molecular formula is C26H22N6O2S. The fraction of sp³-hybridized carbons (Fsp3) is 0.154. The third-order valence-electron chi connectivity index (χ3n) is 5.87. The van der Waals surface area contributed by atoms with E-state index >= 15 is 0 Å². The molecule has 8 nitrogen and oxygen atoms in total. The standard InChI is InChI=1S/C26H22N6O2S/c33-24(29-26-28-23(30-31-26)21-11-10-18-8-4-5-9-20(18)27-21)22-16-19(17-6-2-1-3-7-17)25(35-22)32-12-14-34-15-13-32/h1-11,16H,12-15H2,(H2,28,29,30,31,33). The zero-order valence-corrected chi connectivity index (χ0v) is 19.6. The second-order valence-electron chi connectivity index (χ2n) is 8.15. The number of pyridine rings is 1. The normalized spacial score (nSPS) is 13.8. The summed E-state index contributed by atoms with van der Waals surface area (Å²) < 4.78 is 5.52. The van der Waals surface area contributed by atoms with E-state index in [1.54, 1.807) is 0 Å². The molecule has 174 valence electrons. The van der Waals surface area contributed by atoms with Crippen molar-refractivity contribution in [2.75, 3.05) is 36.5 Å². The molecule has 1 saturated heterocycles. The number of carbonyl (C=O) groups is 1. The van der Waals surface area contributed by atoms with Crippen LogP contribution in [0.15, 0.2) is 72.8 Å². The van der Waals surface area contributed by atoms with Gasteiger partial charge in [-0.3, -0.25) is 15.2 Å². The molecule has 0 saturated carbocycles. The number of fused-ring (bicyclic) bond motifs is 1. The molecular weight excluding hydrogens is 460 g/mol. The maximum Gasteiger partial charge on any atom is 0.268 e. The van der Waals surface area contributed by atoms with E-state index in [9.17, 15) is 4.79 Å². The van der Waals surface area contributed by atoms with Crippen LogP contribution in [-0.2, 0) is 4.74 Å². The van der Waals surface area contributed by atoms with Crippen LogP contribution in [-0.4, -0.2) is 52.4 Å². The Hall–Kier alpha value is -4.08. The molecule has 1 amide bonds. The van der Waals surface area contributed by atoms with Gasteiger partial charge in [0.05, 0.1) is 28.6 Å². The van der Waals surface area contributed by atoms with E-state index in [2.05, 4.69) is 42.5 Å². The van der Waals surface area contributed by atoms with Crippen LogP contribution < -0.4 is 10.2 Å². The lowest BCUT2D eigenvalue weighted by Gasteiger charge is -2.28. The highest BCUT2D eigenvalue weighted by Crippen LogP contribution is 2.39. The smallest absolute Gasteiger partial charge is 0.268 e. The first-order valence-corrected chi connectivity index (χ1v) is 12.2. The molecule has 1 aliphatic heterocycles. The lowest BCUT2D eigenvalue weighted by atomic mass is 10.1. The predicted molar refractivity (Wildman–Crippen MR) is 138 cm³/mol. The first-order chi connectivity index (χ1) is 17.2. The predicted octanol–water partition coefficient (Wildman–Crippen LogP) is 4.84. The zero-order chi connectivity index (χ0) is 23.6. The number of nitrogens with zero attached hydrogens (tertiary/aromatic N) is 4. The Labute approximate surface area is 205 Å². The third kappa shape index (κ3) is 4.39. The molecule has 2 aromatic carbocycles. The number of aromatic nitrogens is 4. The number of benzene rings is 2. The minimum atomic E-state index is -0.247. The molecule has 0 spiro atoms. The van der Waals surface area contributed by atoms with Gasteiger partial charge in [0.25, 0.3) is 5.91 Å². The van der Waals surface area contributed by atoms with Crippen molar-refractivity contribution < 1.29 is 9.53 Å². The van der Waals surface area contributed by atoms with E-state index in [4.69, 9.17) is 4.74 Å². The van der Waals surface area contributed by atoms with Crippen LogP contribution in [0, 0.1) is 0 Å². The van der Waals surface area contributed by atoms with Crippen molar-refractivity contribution in [3.8, 4) is 22.6 Å². The Balaban J connectivity index is 1.26. The number of ether oxygens (including phenoxy) is 1. The maximum absolute atomic E-state index is 13.2. The molecule has 1 aliphatic rings. The Bertz CT molecular complexity index is 1490. The van der Waals surface area contributed by atoms with Crippen LogP contribution in [0.3, 0.4) is 0 Å². The quantitative estimate of drug-likeness (QED) is 0.372. The van der Waals surface area contributed by atoms with Crippen molar-refractivity contribution >= 4 is 39.1 Å². The first-order valence-electron chi connectivity index (χ1n) is 11.4. The van der Waals surface area contributed by atoms with Crippen molar-refractivity contribution in [2.24, 2.45) is 0 Å². The topological polar surface area (TPSA) is 96.0 Å². The first kappa shape index (κ1) is 21.5. The molecule has 6 rings (SSSR count). The van der Waals surface area contributed by atoms with Gasteiger partial charge in [0.2, 0.25) is 5.95 Å². The molecule has 4 heterocycles. The zero-order valence-electron chi connectivity index (χ0n) is 18.8. The van der Waals surface area contributed by atoms with Crippen LogP contribution >= 0.6 is 11.3 Å². The van der Waals surface area contributed by atoms with Gasteiger partial charge in [0, 0.05) is 24.0 Å².